The van der Waals surface area contributed by atoms with Crippen LogP contribution in [0.25, 0.3) is 0 Å². The van der Waals surface area contributed by atoms with Crippen LogP contribution in [0.2, 0.25) is 0 Å². The maximum atomic E-state index is 12.8. The maximum absolute atomic E-state index is 12.8. The Balaban J connectivity index is 1.62. The standard InChI is InChI=1S/C23H19N3O2/c27-21-13-7-5-11-17(21)20-14-19(15-8-2-1-3-9-15)25-26(20)22-16-10-4-6-12-18(16)24-23(22)28/h1-13,20,22,27H,14H2,(H,24,28)/t20-,22-/m0/s1. The van der Waals surface area contributed by atoms with Crippen LogP contribution >= 0.6 is 0 Å². The molecule has 0 spiro atoms. The summed E-state index contributed by atoms with van der Waals surface area (Å²) in [5.41, 5.74) is 4.43. The fourth-order valence-electron chi connectivity index (χ4n) is 4.05. The van der Waals surface area contributed by atoms with E-state index in [1.54, 1.807) is 12.1 Å². The van der Waals surface area contributed by atoms with Crippen molar-refractivity contribution in [3.05, 3.63) is 95.6 Å². The van der Waals surface area contributed by atoms with Crippen molar-refractivity contribution < 1.29 is 9.90 Å². The molecular weight excluding hydrogens is 350 g/mol. The summed E-state index contributed by atoms with van der Waals surface area (Å²) in [7, 11) is 0. The van der Waals surface area contributed by atoms with Crippen molar-refractivity contribution in [1.29, 1.82) is 0 Å². The highest BCUT2D eigenvalue weighted by atomic mass is 16.3. The summed E-state index contributed by atoms with van der Waals surface area (Å²) in [5, 5.41) is 20.1. The number of carbonyl (C=O) groups is 1. The monoisotopic (exact) mass is 369 g/mol. The number of hydrogen-bond acceptors (Lipinski definition) is 4. The molecule has 0 saturated carbocycles. The summed E-state index contributed by atoms with van der Waals surface area (Å²) in [6, 6.07) is 24.2. The van der Waals surface area contributed by atoms with Crippen LogP contribution in [0.5, 0.6) is 5.75 Å². The first-order valence-electron chi connectivity index (χ1n) is 9.31. The number of phenols is 1. The number of carbonyl (C=O) groups excluding carboxylic acids is 1. The van der Waals surface area contributed by atoms with Crippen molar-refractivity contribution in [2.45, 2.75) is 18.5 Å². The Morgan fingerprint density at radius 1 is 0.893 bits per heavy atom. The molecule has 2 atom stereocenters. The third-order valence-corrected chi connectivity index (χ3v) is 5.37. The number of aromatic hydroxyl groups is 1. The lowest BCUT2D eigenvalue weighted by molar-refractivity contribution is -0.121. The molecule has 0 radical (unpaired) electrons. The van der Waals surface area contributed by atoms with E-state index in [0.717, 1.165) is 28.1 Å². The van der Waals surface area contributed by atoms with Crippen LogP contribution in [0.1, 0.15) is 35.2 Å². The molecule has 0 bridgehead atoms. The number of hydrogen-bond donors (Lipinski definition) is 2. The Morgan fingerprint density at radius 2 is 1.57 bits per heavy atom. The minimum Gasteiger partial charge on any atom is -0.508 e. The van der Waals surface area contributed by atoms with Gasteiger partial charge in [0, 0.05) is 23.2 Å². The molecule has 2 aliphatic rings. The average molecular weight is 369 g/mol. The summed E-state index contributed by atoms with van der Waals surface area (Å²) in [4.78, 5) is 12.8. The smallest absolute Gasteiger partial charge is 0.253 e. The Hall–Kier alpha value is -3.60. The van der Waals surface area contributed by atoms with Crippen LogP contribution in [0.15, 0.2) is 84.0 Å². The van der Waals surface area contributed by atoms with E-state index in [1.165, 1.54) is 0 Å². The van der Waals surface area contributed by atoms with E-state index in [4.69, 9.17) is 5.10 Å². The second-order valence-electron chi connectivity index (χ2n) is 7.05. The molecule has 0 unspecified atom stereocenters. The number of nitrogens with one attached hydrogen (secondary N) is 1. The van der Waals surface area contributed by atoms with Gasteiger partial charge in [0.1, 0.15) is 5.75 Å². The van der Waals surface area contributed by atoms with Gasteiger partial charge in [-0.3, -0.25) is 9.80 Å². The predicted octanol–water partition coefficient (Wildman–Crippen LogP) is 4.24. The molecule has 1 amide bonds. The second-order valence-corrected chi connectivity index (χ2v) is 7.05. The summed E-state index contributed by atoms with van der Waals surface area (Å²) in [5.74, 6) is 0.119. The van der Waals surface area contributed by atoms with Gasteiger partial charge in [-0.05, 0) is 17.7 Å². The van der Waals surface area contributed by atoms with Crippen LogP contribution in [0.4, 0.5) is 5.69 Å². The van der Waals surface area contributed by atoms with E-state index in [2.05, 4.69) is 5.32 Å². The molecule has 0 saturated heterocycles. The topological polar surface area (TPSA) is 64.9 Å². The highest BCUT2D eigenvalue weighted by Gasteiger charge is 2.42. The molecule has 2 heterocycles. The number of nitrogens with zero attached hydrogens (tertiary/aromatic N) is 2. The van der Waals surface area contributed by atoms with Crippen molar-refractivity contribution in [2.75, 3.05) is 5.32 Å². The Morgan fingerprint density at radius 3 is 2.36 bits per heavy atom. The molecule has 28 heavy (non-hydrogen) atoms. The third kappa shape index (κ3) is 2.63. The van der Waals surface area contributed by atoms with Gasteiger partial charge >= 0.3 is 0 Å². The highest BCUT2D eigenvalue weighted by Crippen LogP contribution is 2.45. The number of fused-ring (bicyclic) bond motifs is 1. The SMILES string of the molecule is O=C1Nc2ccccc2[C@@H]1N1N=C(c2ccccc2)C[C@H]1c1ccccc1O. The molecule has 0 aliphatic carbocycles. The van der Waals surface area contributed by atoms with Crippen molar-refractivity contribution in [3.63, 3.8) is 0 Å². The van der Waals surface area contributed by atoms with Crippen LogP contribution in [0, 0.1) is 0 Å². The highest BCUT2D eigenvalue weighted by molar-refractivity contribution is 6.04. The van der Waals surface area contributed by atoms with Crippen molar-refractivity contribution >= 4 is 17.3 Å². The van der Waals surface area contributed by atoms with Crippen LogP contribution < -0.4 is 5.32 Å². The summed E-state index contributed by atoms with van der Waals surface area (Å²) < 4.78 is 0. The predicted molar refractivity (Wildman–Crippen MR) is 108 cm³/mol. The number of para-hydroxylation sites is 2. The van der Waals surface area contributed by atoms with Crippen molar-refractivity contribution in [2.24, 2.45) is 5.10 Å². The van der Waals surface area contributed by atoms with Crippen molar-refractivity contribution in [3.8, 4) is 5.75 Å². The largest absolute Gasteiger partial charge is 0.508 e. The fraction of sp³-hybridized carbons (Fsp3) is 0.130. The average Bonchev–Trinajstić information content (AvgIpc) is 3.29. The van der Waals surface area contributed by atoms with Crippen LogP contribution in [0.3, 0.4) is 0 Å². The zero-order valence-corrected chi connectivity index (χ0v) is 15.1. The first-order valence-corrected chi connectivity index (χ1v) is 9.31. The molecule has 2 N–H and O–H groups in total. The van der Waals surface area contributed by atoms with Gasteiger partial charge in [-0.15, -0.1) is 0 Å². The fourth-order valence-corrected chi connectivity index (χ4v) is 4.05. The van der Waals surface area contributed by atoms with Gasteiger partial charge in [-0.2, -0.15) is 5.10 Å². The van der Waals surface area contributed by atoms with Gasteiger partial charge in [0.2, 0.25) is 0 Å². The second kappa shape index (κ2) is 6.53. The summed E-state index contributed by atoms with van der Waals surface area (Å²) >= 11 is 0. The number of amides is 1. The minimum absolute atomic E-state index is 0.0975. The van der Waals surface area contributed by atoms with Gasteiger partial charge in [-0.1, -0.05) is 66.7 Å². The molecule has 5 nitrogen and oxygen atoms in total. The number of rotatable bonds is 3. The number of anilines is 1. The molecule has 5 heteroatoms. The molecular formula is C23H19N3O2. The molecule has 2 aliphatic heterocycles. The molecule has 0 aromatic heterocycles. The number of benzene rings is 3. The Labute approximate surface area is 162 Å². The lowest BCUT2D eigenvalue weighted by atomic mass is 9.96. The third-order valence-electron chi connectivity index (χ3n) is 5.37. The molecule has 3 aromatic carbocycles. The molecule has 5 rings (SSSR count). The van der Waals surface area contributed by atoms with Gasteiger partial charge < -0.3 is 10.4 Å². The zero-order chi connectivity index (χ0) is 19.1. The van der Waals surface area contributed by atoms with E-state index >= 15 is 0 Å². The Kier molecular flexibility index (Phi) is 3.86. The van der Waals surface area contributed by atoms with Crippen LogP contribution in [-0.2, 0) is 4.79 Å². The normalized spacial score (nSPS) is 20.6. The van der Waals surface area contributed by atoms with E-state index in [9.17, 15) is 9.90 Å². The van der Waals surface area contributed by atoms with Crippen molar-refractivity contribution in [1.82, 2.24) is 5.01 Å². The van der Waals surface area contributed by atoms with E-state index in [0.29, 0.717) is 6.42 Å². The molecule has 138 valence electrons. The minimum atomic E-state index is -0.526. The first kappa shape index (κ1) is 16.6. The number of hydrazone groups is 1. The quantitative estimate of drug-likeness (QED) is 0.726. The molecule has 0 fully saturated rings. The van der Waals surface area contributed by atoms with E-state index < -0.39 is 6.04 Å². The van der Waals surface area contributed by atoms with E-state index in [-0.39, 0.29) is 17.7 Å². The van der Waals surface area contributed by atoms with Crippen LogP contribution in [-0.4, -0.2) is 21.7 Å². The van der Waals surface area contributed by atoms with Gasteiger partial charge in [0.05, 0.1) is 11.8 Å². The van der Waals surface area contributed by atoms with Gasteiger partial charge in [0.25, 0.3) is 5.91 Å². The first-order chi connectivity index (χ1) is 13.7. The summed E-state index contributed by atoms with van der Waals surface area (Å²) in [6.07, 6.45) is 0.619. The maximum Gasteiger partial charge on any atom is 0.253 e. The lowest BCUT2D eigenvalue weighted by Gasteiger charge is -2.29. The zero-order valence-electron chi connectivity index (χ0n) is 15.1. The molecule has 3 aromatic rings. The number of phenolic OH excluding ortho intramolecular Hbond substituents is 1. The van der Waals surface area contributed by atoms with Gasteiger partial charge in [0.15, 0.2) is 6.04 Å². The van der Waals surface area contributed by atoms with Gasteiger partial charge in [-0.25, -0.2) is 0 Å². The summed E-state index contributed by atoms with van der Waals surface area (Å²) in [6.45, 7) is 0. The lowest BCUT2D eigenvalue weighted by Crippen LogP contribution is -2.30. The Bertz CT molecular complexity index is 1080. The van der Waals surface area contributed by atoms with E-state index in [1.807, 2.05) is 71.7 Å².